The van der Waals surface area contributed by atoms with E-state index in [0.29, 0.717) is 18.7 Å². The molecule has 1 aliphatic heterocycles. The van der Waals surface area contributed by atoms with E-state index in [1.807, 2.05) is 36.4 Å². The van der Waals surface area contributed by atoms with Crippen LogP contribution in [0.2, 0.25) is 0 Å². The second-order valence-corrected chi connectivity index (χ2v) is 8.64. The largest absolute Gasteiger partial charge is 0.312 e. The smallest absolute Gasteiger partial charge is 0.241 e. The van der Waals surface area contributed by atoms with Gasteiger partial charge in [0.2, 0.25) is 15.9 Å². The van der Waals surface area contributed by atoms with Crippen LogP contribution in [0.1, 0.15) is 29.8 Å². The molecule has 1 N–H and O–H groups in total. The molecule has 7 heteroatoms. The Morgan fingerprint density at radius 3 is 2.52 bits per heavy atom. The zero-order valence-corrected chi connectivity index (χ0v) is 16.8. The fraction of sp³-hybridized carbons (Fsp3) is 0.182. The molecule has 0 radical (unpaired) electrons. The predicted molar refractivity (Wildman–Crippen MR) is 111 cm³/mol. The molecule has 0 fully saturated rings. The van der Waals surface area contributed by atoms with Crippen LogP contribution >= 0.6 is 0 Å². The maximum absolute atomic E-state index is 13.2. The molecule has 29 heavy (non-hydrogen) atoms. The summed E-state index contributed by atoms with van der Waals surface area (Å²) in [6, 6.07) is 19.1. The molecule has 0 saturated heterocycles. The number of hydrogen-bond donors (Lipinski definition) is 1. The first kappa shape index (κ1) is 19.3. The van der Waals surface area contributed by atoms with Gasteiger partial charge in [-0.25, -0.2) is 8.42 Å². The van der Waals surface area contributed by atoms with E-state index in [0.717, 1.165) is 16.8 Å². The summed E-state index contributed by atoms with van der Waals surface area (Å²) >= 11 is 0. The van der Waals surface area contributed by atoms with Crippen molar-refractivity contribution in [2.75, 3.05) is 11.4 Å². The molecule has 6 nitrogen and oxygen atoms in total. The van der Waals surface area contributed by atoms with E-state index in [-0.39, 0.29) is 10.8 Å². The van der Waals surface area contributed by atoms with Crippen molar-refractivity contribution in [3.8, 4) is 0 Å². The van der Waals surface area contributed by atoms with Gasteiger partial charge in [-0.1, -0.05) is 36.4 Å². The van der Waals surface area contributed by atoms with Crippen LogP contribution < -0.4 is 9.62 Å². The lowest BCUT2D eigenvalue weighted by molar-refractivity contribution is -0.116. The zero-order chi connectivity index (χ0) is 20.4. The Balaban J connectivity index is 1.69. The van der Waals surface area contributed by atoms with Crippen LogP contribution in [0.4, 0.5) is 5.69 Å². The summed E-state index contributed by atoms with van der Waals surface area (Å²) in [6.07, 6.45) is 2.28. The first-order valence-corrected chi connectivity index (χ1v) is 10.8. The number of rotatable bonds is 5. The van der Waals surface area contributed by atoms with Gasteiger partial charge in [-0.05, 0) is 47.9 Å². The minimum absolute atomic E-state index is 0.0447. The molecule has 0 aliphatic carbocycles. The van der Waals surface area contributed by atoms with E-state index in [2.05, 4.69) is 9.71 Å². The maximum atomic E-state index is 13.2. The Hall–Kier alpha value is -3.03. The van der Waals surface area contributed by atoms with E-state index >= 15 is 0 Å². The van der Waals surface area contributed by atoms with Crippen molar-refractivity contribution < 1.29 is 13.2 Å². The number of nitrogens with one attached hydrogen (secondary N) is 1. The third kappa shape index (κ3) is 3.92. The van der Waals surface area contributed by atoms with Gasteiger partial charge < -0.3 is 4.90 Å². The van der Waals surface area contributed by atoms with Crippen LogP contribution in [0.25, 0.3) is 0 Å². The summed E-state index contributed by atoms with van der Waals surface area (Å²) in [5.41, 5.74) is 3.06. The number of sulfonamides is 1. The van der Waals surface area contributed by atoms with E-state index in [1.54, 1.807) is 41.4 Å². The quantitative estimate of drug-likeness (QED) is 0.705. The molecule has 4 rings (SSSR count). The SMILES string of the molecule is CC(=O)N1CCc2cc(S(=O)(=O)NC(c3ccccc3)c3ccccn3)ccc21. The van der Waals surface area contributed by atoms with Crippen LogP contribution in [0, 0.1) is 0 Å². The van der Waals surface area contributed by atoms with Crippen molar-refractivity contribution in [2.45, 2.75) is 24.3 Å². The van der Waals surface area contributed by atoms with Crippen molar-refractivity contribution in [3.63, 3.8) is 0 Å². The maximum Gasteiger partial charge on any atom is 0.241 e. The Labute approximate surface area is 170 Å². The van der Waals surface area contributed by atoms with Gasteiger partial charge in [0.1, 0.15) is 0 Å². The van der Waals surface area contributed by atoms with Gasteiger partial charge in [0, 0.05) is 25.4 Å². The zero-order valence-electron chi connectivity index (χ0n) is 15.9. The Morgan fingerprint density at radius 2 is 1.83 bits per heavy atom. The fourth-order valence-electron chi connectivity index (χ4n) is 3.59. The molecule has 2 aromatic carbocycles. The number of hydrogen-bond acceptors (Lipinski definition) is 4. The number of amides is 1. The average molecular weight is 407 g/mol. The second kappa shape index (κ2) is 7.77. The summed E-state index contributed by atoms with van der Waals surface area (Å²) in [4.78, 5) is 17.9. The summed E-state index contributed by atoms with van der Waals surface area (Å²) in [7, 11) is -3.81. The average Bonchev–Trinajstić information content (AvgIpc) is 3.17. The molecule has 0 spiro atoms. The number of pyridine rings is 1. The number of fused-ring (bicyclic) bond motifs is 1. The topological polar surface area (TPSA) is 79.4 Å². The number of nitrogens with zero attached hydrogens (tertiary/aromatic N) is 2. The Kier molecular flexibility index (Phi) is 5.17. The van der Waals surface area contributed by atoms with Crippen LogP contribution in [0.5, 0.6) is 0 Å². The first-order valence-electron chi connectivity index (χ1n) is 9.35. The lowest BCUT2D eigenvalue weighted by atomic mass is 10.0. The molecule has 1 atom stereocenters. The van der Waals surface area contributed by atoms with Gasteiger partial charge in [0.25, 0.3) is 0 Å². The summed E-state index contributed by atoms with van der Waals surface area (Å²) in [5.74, 6) is -0.0447. The minimum Gasteiger partial charge on any atom is -0.312 e. The van der Waals surface area contributed by atoms with E-state index in [1.165, 1.54) is 6.92 Å². The van der Waals surface area contributed by atoms with Gasteiger partial charge in [0.15, 0.2) is 0 Å². The molecule has 0 saturated carbocycles. The lowest BCUT2D eigenvalue weighted by Gasteiger charge is -2.19. The molecule has 1 unspecified atom stereocenters. The monoisotopic (exact) mass is 407 g/mol. The third-order valence-corrected chi connectivity index (χ3v) is 6.45. The Bertz CT molecular complexity index is 1090. The van der Waals surface area contributed by atoms with Crippen molar-refractivity contribution in [1.29, 1.82) is 0 Å². The Morgan fingerprint density at radius 1 is 1.07 bits per heavy atom. The summed E-state index contributed by atoms with van der Waals surface area (Å²) in [5, 5.41) is 0. The van der Waals surface area contributed by atoms with Gasteiger partial charge >= 0.3 is 0 Å². The first-order chi connectivity index (χ1) is 14.0. The second-order valence-electron chi connectivity index (χ2n) is 6.93. The van der Waals surface area contributed by atoms with Gasteiger partial charge in [0.05, 0.1) is 16.6 Å². The van der Waals surface area contributed by atoms with Crippen LogP contribution in [0.3, 0.4) is 0 Å². The minimum atomic E-state index is -3.81. The number of aromatic nitrogens is 1. The molecular weight excluding hydrogens is 386 g/mol. The van der Waals surface area contributed by atoms with Crippen molar-refractivity contribution >= 4 is 21.6 Å². The number of benzene rings is 2. The van der Waals surface area contributed by atoms with Crippen molar-refractivity contribution in [2.24, 2.45) is 0 Å². The highest BCUT2D eigenvalue weighted by atomic mass is 32.2. The summed E-state index contributed by atoms with van der Waals surface area (Å²) in [6.45, 7) is 2.08. The highest BCUT2D eigenvalue weighted by Crippen LogP contribution is 2.31. The number of carbonyl (C=O) groups excluding carboxylic acids is 1. The van der Waals surface area contributed by atoms with Crippen molar-refractivity contribution in [1.82, 2.24) is 9.71 Å². The van der Waals surface area contributed by atoms with E-state index in [9.17, 15) is 13.2 Å². The number of anilines is 1. The van der Waals surface area contributed by atoms with Gasteiger partial charge in [-0.2, -0.15) is 4.72 Å². The van der Waals surface area contributed by atoms with Crippen LogP contribution in [0.15, 0.2) is 77.8 Å². The van der Waals surface area contributed by atoms with Gasteiger partial charge in [-0.3, -0.25) is 9.78 Å². The lowest BCUT2D eigenvalue weighted by Crippen LogP contribution is -2.30. The molecule has 148 valence electrons. The molecule has 1 aliphatic rings. The highest BCUT2D eigenvalue weighted by molar-refractivity contribution is 7.89. The highest BCUT2D eigenvalue weighted by Gasteiger charge is 2.27. The van der Waals surface area contributed by atoms with Crippen LogP contribution in [-0.4, -0.2) is 25.9 Å². The van der Waals surface area contributed by atoms with E-state index < -0.39 is 16.1 Å². The molecule has 1 amide bonds. The normalized spacial score (nSPS) is 14.4. The van der Waals surface area contributed by atoms with Crippen molar-refractivity contribution in [3.05, 3.63) is 89.7 Å². The molecule has 3 aromatic rings. The summed E-state index contributed by atoms with van der Waals surface area (Å²) < 4.78 is 29.2. The molecular formula is C22H21N3O3S. The standard InChI is InChI=1S/C22H21N3O3S/c1-16(26)25-14-12-18-15-19(10-11-21(18)25)29(27,28)24-22(17-7-3-2-4-8-17)20-9-5-6-13-23-20/h2-11,13,15,22,24H,12,14H2,1H3. The van der Waals surface area contributed by atoms with Gasteiger partial charge in [-0.15, -0.1) is 0 Å². The third-order valence-electron chi connectivity index (χ3n) is 5.03. The fourth-order valence-corrected chi connectivity index (χ4v) is 4.83. The molecule has 1 aromatic heterocycles. The molecule has 2 heterocycles. The molecule has 0 bridgehead atoms. The van der Waals surface area contributed by atoms with Crippen LogP contribution in [-0.2, 0) is 21.2 Å². The van der Waals surface area contributed by atoms with E-state index in [4.69, 9.17) is 0 Å². The predicted octanol–water partition coefficient (Wildman–Crippen LogP) is 3.06. The number of carbonyl (C=O) groups is 1.